The first kappa shape index (κ1) is 19.9. The van der Waals surface area contributed by atoms with Crippen molar-refractivity contribution in [1.29, 1.82) is 0 Å². The predicted molar refractivity (Wildman–Crippen MR) is 99.4 cm³/mol. The lowest BCUT2D eigenvalue weighted by Crippen LogP contribution is -2.40. The number of aliphatic imine (C=N–C) groups is 1. The van der Waals surface area contributed by atoms with E-state index in [0.29, 0.717) is 12.0 Å². The number of rotatable bonds is 10. The van der Waals surface area contributed by atoms with Crippen molar-refractivity contribution in [2.75, 3.05) is 26.7 Å². The average molecular weight is 341 g/mol. The van der Waals surface area contributed by atoms with Crippen molar-refractivity contribution >= 4 is 17.3 Å². The number of guanidine groups is 1. The van der Waals surface area contributed by atoms with Gasteiger partial charge in [0.15, 0.2) is 5.96 Å². The zero-order chi connectivity index (χ0) is 17.1. The van der Waals surface area contributed by atoms with E-state index in [1.54, 1.807) is 18.4 Å². The van der Waals surface area contributed by atoms with Crippen molar-refractivity contribution in [3.05, 3.63) is 16.1 Å². The summed E-state index contributed by atoms with van der Waals surface area (Å²) in [6, 6.07) is 0. The van der Waals surface area contributed by atoms with Crippen molar-refractivity contribution < 1.29 is 4.74 Å². The molecule has 0 aromatic carbocycles. The van der Waals surface area contributed by atoms with Crippen molar-refractivity contribution in [1.82, 2.24) is 15.6 Å². The minimum atomic E-state index is 0.299. The van der Waals surface area contributed by atoms with Crippen LogP contribution in [0.5, 0.6) is 0 Å². The molecule has 0 aliphatic rings. The number of nitrogens with one attached hydrogen (secondary N) is 2. The summed E-state index contributed by atoms with van der Waals surface area (Å²) in [6.07, 6.45) is 5.25. The van der Waals surface area contributed by atoms with E-state index in [1.807, 2.05) is 13.1 Å². The molecule has 1 aromatic rings. The minimum Gasteiger partial charge on any atom is -0.378 e. The van der Waals surface area contributed by atoms with Crippen molar-refractivity contribution in [2.24, 2.45) is 10.9 Å². The number of aromatic nitrogens is 1. The lowest BCUT2D eigenvalue weighted by atomic mass is 10.0. The van der Waals surface area contributed by atoms with E-state index in [9.17, 15) is 0 Å². The normalized spacial score (nSPS) is 13.4. The summed E-state index contributed by atoms with van der Waals surface area (Å²) in [5.74, 6) is 1.38. The zero-order valence-corrected chi connectivity index (χ0v) is 16.0. The molecule has 0 saturated heterocycles. The summed E-state index contributed by atoms with van der Waals surface area (Å²) in [4.78, 5) is 10.0. The molecule has 1 unspecified atom stereocenters. The van der Waals surface area contributed by atoms with Gasteiger partial charge >= 0.3 is 0 Å². The second-order valence-electron chi connectivity index (χ2n) is 5.78. The molecule has 1 atom stereocenters. The van der Waals surface area contributed by atoms with Crippen LogP contribution in [-0.4, -0.2) is 43.8 Å². The van der Waals surface area contributed by atoms with Gasteiger partial charge in [0, 0.05) is 44.2 Å². The van der Waals surface area contributed by atoms with Crippen LogP contribution in [0.25, 0.3) is 0 Å². The van der Waals surface area contributed by atoms with Crippen LogP contribution >= 0.6 is 11.3 Å². The van der Waals surface area contributed by atoms with Crippen LogP contribution in [-0.2, 0) is 17.6 Å². The van der Waals surface area contributed by atoms with Crippen LogP contribution < -0.4 is 10.6 Å². The molecule has 0 fully saturated rings. The summed E-state index contributed by atoms with van der Waals surface area (Å²) >= 11 is 1.79. The van der Waals surface area contributed by atoms with E-state index in [2.05, 4.69) is 41.4 Å². The Hall–Kier alpha value is -1.14. The van der Waals surface area contributed by atoms with Crippen LogP contribution in [0.2, 0.25) is 0 Å². The molecule has 0 aliphatic heterocycles. The first-order valence-corrected chi connectivity index (χ1v) is 9.42. The molecular formula is C17H32N4OS. The second kappa shape index (κ2) is 11.4. The fourth-order valence-corrected chi connectivity index (χ4v) is 3.15. The highest BCUT2D eigenvalue weighted by atomic mass is 32.1. The Morgan fingerprint density at radius 1 is 1.30 bits per heavy atom. The largest absolute Gasteiger partial charge is 0.378 e. The average Bonchev–Trinajstić information content (AvgIpc) is 3.00. The van der Waals surface area contributed by atoms with Crippen molar-refractivity contribution in [3.8, 4) is 0 Å². The van der Waals surface area contributed by atoms with E-state index in [-0.39, 0.29) is 0 Å². The third kappa shape index (κ3) is 7.79. The number of thiazole rings is 1. The summed E-state index contributed by atoms with van der Waals surface area (Å²) in [5.41, 5.74) is 0. The molecule has 0 bridgehead atoms. The molecule has 0 aliphatic carbocycles. The maximum Gasteiger partial charge on any atom is 0.190 e. The van der Waals surface area contributed by atoms with Gasteiger partial charge in [-0.15, -0.1) is 11.3 Å². The molecule has 1 rings (SSSR count). The fourth-order valence-electron chi connectivity index (χ4n) is 2.29. The van der Waals surface area contributed by atoms with E-state index < -0.39 is 0 Å². The Bertz CT molecular complexity index is 459. The lowest BCUT2D eigenvalue weighted by molar-refractivity contribution is 0.0258. The summed E-state index contributed by atoms with van der Waals surface area (Å²) in [5, 5.41) is 7.88. The van der Waals surface area contributed by atoms with Crippen molar-refractivity contribution in [3.63, 3.8) is 0 Å². The van der Waals surface area contributed by atoms with Gasteiger partial charge in [0.05, 0.1) is 11.1 Å². The molecule has 0 spiro atoms. The first-order chi connectivity index (χ1) is 11.1. The van der Waals surface area contributed by atoms with Gasteiger partial charge in [-0.1, -0.05) is 20.8 Å². The van der Waals surface area contributed by atoms with Crippen LogP contribution in [0.3, 0.4) is 0 Å². The number of ether oxygens (including phenoxy) is 1. The number of hydrogen-bond acceptors (Lipinski definition) is 4. The van der Waals surface area contributed by atoms with Gasteiger partial charge in [-0.2, -0.15) is 0 Å². The van der Waals surface area contributed by atoms with Gasteiger partial charge in [-0.25, -0.2) is 4.98 Å². The Kier molecular flexibility index (Phi) is 9.87. The maximum absolute atomic E-state index is 5.76. The van der Waals surface area contributed by atoms with E-state index in [1.165, 1.54) is 9.88 Å². The smallest absolute Gasteiger partial charge is 0.190 e. The number of nitrogens with zero attached hydrogens (tertiary/aromatic N) is 2. The predicted octanol–water partition coefficient (Wildman–Crippen LogP) is 2.86. The Labute approximate surface area is 145 Å². The fraction of sp³-hybridized carbons (Fsp3) is 0.765. The summed E-state index contributed by atoms with van der Waals surface area (Å²) < 4.78 is 5.76. The molecule has 23 heavy (non-hydrogen) atoms. The Morgan fingerprint density at radius 2 is 2.04 bits per heavy atom. The molecule has 132 valence electrons. The molecule has 5 nitrogen and oxygen atoms in total. The van der Waals surface area contributed by atoms with Crippen LogP contribution in [0.15, 0.2) is 11.2 Å². The zero-order valence-electron chi connectivity index (χ0n) is 15.2. The Morgan fingerprint density at radius 3 is 2.61 bits per heavy atom. The van der Waals surface area contributed by atoms with Crippen LogP contribution in [0.1, 0.15) is 44.0 Å². The molecule has 1 heterocycles. The quantitative estimate of drug-likeness (QED) is 0.508. The van der Waals surface area contributed by atoms with Crippen molar-refractivity contribution in [2.45, 2.75) is 53.1 Å². The molecule has 1 aromatic heterocycles. The van der Waals surface area contributed by atoms with Gasteiger partial charge < -0.3 is 15.4 Å². The third-order valence-corrected chi connectivity index (χ3v) is 4.85. The van der Waals surface area contributed by atoms with Crippen LogP contribution in [0.4, 0.5) is 0 Å². The summed E-state index contributed by atoms with van der Waals surface area (Å²) in [6.45, 7) is 11.1. The highest BCUT2D eigenvalue weighted by Gasteiger charge is 2.12. The SMILES string of the molecule is CCOC(CCNC(=NC)NCCc1ncc(CC)s1)C(C)C. The standard InChI is InChI=1S/C17H32N4OS/c1-6-14-12-21-16(23-14)9-11-20-17(18-5)19-10-8-15(13(3)4)22-7-2/h12-13,15H,6-11H2,1-5H3,(H2,18,19,20). The maximum atomic E-state index is 5.76. The highest BCUT2D eigenvalue weighted by molar-refractivity contribution is 7.11. The van der Waals surface area contributed by atoms with Gasteiger partial charge in [0.2, 0.25) is 0 Å². The molecular weight excluding hydrogens is 308 g/mol. The van der Waals surface area contributed by atoms with Gasteiger partial charge in [0.1, 0.15) is 0 Å². The van der Waals surface area contributed by atoms with Gasteiger partial charge in [-0.3, -0.25) is 4.99 Å². The van der Waals surface area contributed by atoms with E-state index in [4.69, 9.17) is 4.74 Å². The third-order valence-electron chi connectivity index (χ3n) is 3.65. The molecule has 0 amide bonds. The lowest BCUT2D eigenvalue weighted by Gasteiger charge is -2.21. The monoisotopic (exact) mass is 340 g/mol. The second-order valence-corrected chi connectivity index (χ2v) is 6.98. The topological polar surface area (TPSA) is 58.5 Å². The minimum absolute atomic E-state index is 0.299. The Balaban J connectivity index is 2.26. The van der Waals surface area contributed by atoms with Crippen LogP contribution in [0, 0.1) is 5.92 Å². The first-order valence-electron chi connectivity index (χ1n) is 8.60. The number of hydrogen-bond donors (Lipinski definition) is 2. The van der Waals surface area contributed by atoms with E-state index >= 15 is 0 Å². The highest BCUT2D eigenvalue weighted by Crippen LogP contribution is 2.13. The number of aryl methyl sites for hydroxylation is 1. The van der Waals surface area contributed by atoms with E-state index in [0.717, 1.165) is 44.9 Å². The molecule has 0 radical (unpaired) electrons. The summed E-state index contributed by atoms with van der Waals surface area (Å²) in [7, 11) is 1.80. The van der Waals surface area contributed by atoms with Gasteiger partial charge in [-0.05, 0) is 25.7 Å². The molecule has 6 heteroatoms. The molecule has 0 saturated carbocycles. The molecule has 2 N–H and O–H groups in total. The van der Waals surface area contributed by atoms with Gasteiger partial charge in [0.25, 0.3) is 0 Å².